The number of hydrogen-bond donors (Lipinski definition) is 1. The summed E-state index contributed by atoms with van der Waals surface area (Å²) in [6, 6.07) is 11.3. The summed E-state index contributed by atoms with van der Waals surface area (Å²) in [5.74, 6) is 0.724. The number of carbonyl (C=O) groups is 1. The van der Waals surface area contributed by atoms with Crippen LogP contribution in [-0.4, -0.2) is 27.3 Å². The molecule has 0 spiro atoms. The van der Waals surface area contributed by atoms with Gasteiger partial charge in [-0.3, -0.25) is 9.20 Å². The predicted molar refractivity (Wildman–Crippen MR) is 104 cm³/mol. The van der Waals surface area contributed by atoms with Gasteiger partial charge in [-0.05, 0) is 55.5 Å². The molecule has 0 saturated heterocycles. The first-order valence-electron chi connectivity index (χ1n) is 8.14. The number of carbonyl (C=O) groups excluding carboxylic acids is 1. The lowest BCUT2D eigenvalue weighted by Gasteiger charge is -2.03. The Balaban J connectivity index is 1.79. The van der Waals surface area contributed by atoms with Gasteiger partial charge >= 0.3 is 0 Å². The van der Waals surface area contributed by atoms with Gasteiger partial charge < -0.3 is 9.72 Å². The minimum atomic E-state index is -0.0717. The number of thiazole rings is 1. The number of ketones is 1. The van der Waals surface area contributed by atoms with Gasteiger partial charge in [-0.2, -0.15) is 0 Å². The number of H-pyrrole nitrogens is 1. The van der Waals surface area contributed by atoms with E-state index in [1.807, 2.05) is 53.9 Å². The average Bonchev–Trinajstić information content (AvgIpc) is 3.36. The lowest BCUT2D eigenvalue weighted by Crippen LogP contribution is -1.94. The van der Waals surface area contributed by atoms with Crippen LogP contribution in [0.15, 0.2) is 54.9 Å². The van der Waals surface area contributed by atoms with Crippen molar-refractivity contribution in [3.63, 3.8) is 0 Å². The molecule has 1 N–H and O–H groups in total. The lowest BCUT2D eigenvalue weighted by atomic mass is 10.1. The number of nitrogens with zero attached hydrogens (tertiary/aromatic N) is 2. The Hall–Kier alpha value is -3.12. The molecular formula is C20H17N3O2S. The molecule has 0 radical (unpaired) electrons. The van der Waals surface area contributed by atoms with Crippen LogP contribution in [0.5, 0.6) is 5.75 Å². The van der Waals surface area contributed by atoms with E-state index in [0.29, 0.717) is 5.69 Å². The minimum absolute atomic E-state index is 0.0717. The van der Waals surface area contributed by atoms with Crippen LogP contribution in [0, 0.1) is 6.92 Å². The number of allylic oxidation sites excluding steroid dienone is 1. The molecule has 3 aromatic heterocycles. The maximum atomic E-state index is 12.3. The van der Waals surface area contributed by atoms with Gasteiger partial charge in [0.25, 0.3) is 0 Å². The zero-order chi connectivity index (χ0) is 18.1. The Morgan fingerprint density at radius 2 is 2.08 bits per heavy atom. The summed E-state index contributed by atoms with van der Waals surface area (Å²) in [6.45, 7) is 2.05. The maximum Gasteiger partial charge on any atom is 0.202 e. The number of methoxy groups -OCH3 is 1. The summed E-state index contributed by atoms with van der Waals surface area (Å²) in [5.41, 5.74) is 3.27. The smallest absolute Gasteiger partial charge is 0.202 e. The molecule has 0 atom stereocenters. The van der Waals surface area contributed by atoms with Gasteiger partial charge in [0.05, 0.1) is 24.2 Å². The quantitative estimate of drug-likeness (QED) is 0.416. The van der Waals surface area contributed by atoms with Crippen molar-refractivity contribution >= 4 is 28.2 Å². The van der Waals surface area contributed by atoms with Crippen LogP contribution in [0.25, 0.3) is 22.3 Å². The van der Waals surface area contributed by atoms with Crippen LogP contribution in [0.1, 0.15) is 21.1 Å². The van der Waals surface area contributed by atoms with Crippen LogP contribution in [0.3, 0.4) is 0 Å². The Bertz CT molecular complexity index is 1090. The average molecular weight is 363 g/mol. The molecule has 0 unspecified atom stereocenters. The van der Waals surface area contributed by atoms with Crippen molar-refractivity contribution in [3.8, 4) is 17.0 Å². The van der Waals surface area contributed by atoms with E-state index < -0.39 is 0 Å². The van der Waals surface area contributed by atoms with Crippen molar-refractivity contribution in [2.24, 2.45) is 0 Å². The molecule has 0 saturated carbocycles. The number of benzene rings is 1. The summed E-state index contributed by atoms with van der Waals surface area (Å²) in [7, 11) is 1.64. The molecule has 0 aliphatic rings. The van der Waals surface area contributed by atoms with E-state index in [9.17, 15) is 4.79 Å². The summed E-state index contributed by atoms with van der Waals surface area (Å²) in [4.78, 5) is 22.1. The number of aromatic nitrogens is 3. The van der Waals surface area contributed by atoms with Crippen LogP contribution in [-0.2, 0) is 0 Å². The predicted octanol–water partition coefficient (Wildman–Crippen LogP) is 4.60. The van der Waals surface area contributed by atoms with Crippen molar-refractivity contribution in [3.05, 3.63) is 71.1 Å². The Morgan fingerprint density at radius 3 is 2.77 bits per heavy atom. The number of fused-ring (bicyclic) bond motifs is 1. The van der Waals surface area contributed by atoms with Crippen LogP contribution < -0.4 is 4.74 Å². The molecule has 0 aliphatic carbocycles. The van der Waals surface area contributed by atoms with E-state index >= 15 is 0 Å². The highest BCUT2D eigenvalue weighted by Crippen LogP contribution is 2.30. The number of aromatic amines is 1. The fourth-order valence-electron chi connectivity index (χ4n) is 2.82. The van der Waals surface area contributed by atoms with E-state index in [1.165, 1.54) is 4.88 Å². The number of aryl methyl sites for hydroxylation is 1. The highest BCUT2D eigenvalue weighted by molar-refractivity contribution is 7.17. The van der Waals surface area contributed by atoms with Gasteiger partial charge in [0.15, 0.2) is 4.96 Å². The monoisotopic (exact) mass is 363 g/mol. The van der Waals surface area contributed by atoms with E-state index in [-0.39, 0.29) is 5.78 Å². The van der Waals surface area contributed by atoms with Crippen molar-refractivity contribution in [1.82, 2.24) is 14.4 Å². The maximum absolute atomic E-state index is 12.3. The second-order valence-electron chi connectivity index (χ2n) is 5.85. The summed E-state index contributed by atoms with van der Waals surface area (Å²) < 4.78 is 7.26. The molecule has 0 fully saturated rings. The third kappa shape index (κ3) is 2.95. The van der Waals surface area contributed by atoms with Crippen LogP contribution in [0.2, 0.25) is 0 Å². The molecule has 4 aromatic rings. The molecule has 1 aromatic carbocycles. The van der Waals surface area contributed by atoms with Gasteiger partial charge in [0.2, 0.25) is 5.78 Å². The Labute approximate surface area is 154 Å². The highest BCUT2D eigenvalue weighted by atomic mass is 32.1. The fraction of sp³-hybridized carbons (Fsp3) is 0.100. The third-order valence-corrected chi connectivity index (χ3v) is 5.00. The third-order valence-electron chi connectivity index (χ3n) is 4.10. The molecule has 130 valence electrons. The topological polar surface area (TPSA) is 59.4 Å². The van der Waals surface area contributed by atoms with Gasteiger partial charge in [0.1, 0.15) is 5.75 Å². The van der Waals surface area contributed by atoms with Crippen LogP contribution in [0.4, 0.5) is 0 Å². The highest BCUT2D eigenvalue weighted by Gasteiger charge is 2.15. The first-order chi connectivity index (χ1) is 12.7. The largest absolute Gasteiger partial charge is 0.497 e. The first-order valence-corrected chi connectivity index (χ1v) is 8.96. The molecule has 0 bridgehead atoms. The zero-order valence-corrected chi connectivity index (χ0v) is 15.2. The Morgan fingerprint density at radius 1 is 1.27 bits per heavy atom. The van der Waals surface area contributed by atoms with E-state index in [1.54, 1.807) is 36.8 Å². The molecule has 3 heterocycles. The zero-order valence-electron chi connectivity index (χ0n) is 14.4. The van der Waals surface area contributed by atoms with Gasteiger partial charge in [-0.1, -0.05) is 0 Å². The van der Waals surface area contributed by atoms with Gasteiger partial charge in [-0.15, -0.1) is 11.3 Å². The minimum Gasteiger partial charge on any atom is -0.497 e. The van der Waals surface area contributed by atoms with Gasteiger partial charge in [0, 0.05) is 22.8 Å². The van der Waals surface area contributed by atoms with Crippen LogP contribution >= 0.6 is 11.3 Å². The summed E-state index contributed by atoms with van der Waals surface area (Å²) >= 11 is 1.62. The molecule has 0 amide bonds. The lowest BCUT2D eigenvalue weighted by molar-refractivity contribution is 0.104. The van der Waals surface area contributed by atoms with E-state index in [4.69, 9.17) is 9.72 Å². The summed E-state index contributed by atoms with van der Waals surface area (Å²) in [5, 5.41) is 0. The Kier molecular flexibility index (Phi) is 4.18. The van der Waals surface area contributed by atoms with E-state index in [2.05, 4.69) is 4.98 Å². The SMILES string of the molecule is COc1ccc(-c2nc3sc(C)cn3c2/C=C/C(=O)c2ccc[nH]2)cc1. The summed E-state index contributed by atoms with van der Waals surface area (Å²) in [6.07, 6.45) is 7.19. The number of ether oxygens (including phenoxy) is 1. The number of hydrogen-bond acceptors (Lipinski definition) is 4. The molecule has 4 rings (SSSR count). The van der Waals surface area contributed by atoms with E-state index in [0.717, 1.165) is 27.7 Å². The number of nitrogens with one attached hydrogen (secondary N) is 1. The molecule has 6 heteroatoms. The molecule has 5 nitrogen and oxygen atoms in total. The van der Waals surface area contributed by atoms with Crippen molar-refractivity contribution < 1.29 is 9.53 Å². The molecular weight excluding hydrogens is 346 g/mol. The molecule has 26 heavy (non-hydrogen) atoms. The number of rotatable bonds is 5. The first kappa shape index (κ1) is 16.4. The standard InChI is InChI=1S/C20H17N3O2S/c1-13-12-23-17(9-10-18(24)16-4-3-11-21-16)19(22-20(23)26-13)14-5-7-15(25-2)8-6-14/h3-12,21H,1-2H3/b10-9+. The number of imidazole rings is 1. The van der Waals surface area contributed by atoms with Crippen molar-refractivity contribution in [2.75, 3.05) is 7.11 Å². The van der Waals surface area contributed by atoms with Crippen molar-refractivity contribution in [1.29, 1.82) is 0 Å². The second kappa shape index (κ2) is 6.65. The fourth-order valence-corrected chi connectivity index (χ4v) is 3.65. The molecule has 0 aliphatic heterocycles. The normalized spacial score (nSPS) is 11.5. The second-order valence-corrected chi connectivity index (χ2v) is 7.06. The van der Waals surface area contributed by atoms with Crippen molar-refractivity contribution in [2.45, 2.75) is 6.92 Å². The van der Waals surface area contributed by atoms with Gasteiger partial charge in [-0.25, -0.2) is 4.98 Å².